The van der Waals surface area contributed by atoms with Crippen LogP contribution < -0.4 is 4.74 Å². The number of nitrogens with zero attached hydrogens (tertiary/aromatic N) is 3. The first-order valence-electron chi connectivity index (χ1n) is 13.8. The minimum atomic E-state index is -5.08. The lowest BCUT2D eigenvalue weighted by molar-refractivity contribution is -0.143. The average Bonchev–Trinajstić information content (AvgIpc) is 2.96. The lowest BCUT2D eigenvalue weighted by Gasteiger charge is -2.43. The van der Waals surface area contributed by atoms with Crippen LogP contribution in [-0.2, 0) is 28.2 Å². The van der Waals surface area contributed by atoms with Gasteiger partial charge in [-0.1, -0.05) is 6.07 Å². The smallest absolute Gasteiger partial charge is 0.416 e. The largest absolute Gasteiger partial charge is 0.494 e. The Bertz CT molecular complexity index is 1220. The molecule has 4 rings (SSSR count). The molecular formula is C29H34F7N3O4. The number of rotatable bonds is 9. The highest BCUT2D eigenvalue weighted by Crippen LogP contribution is 2.37. The molecule has 0 aliphatic carbocycles. The molecule has 2 saturated heterocycles. The van der Waals surface area contributed by atoms with Crippen molar-refractivity contribution in [3.8, 4) is 5.75 Å². The number of methoxy groups -OCH3 is 2. The van der Waals surface area contributed by atoms with Crippen molar-refractivity contribution in [2.24, 2.45) is 0 Å². The number of benzene rings is 2. The highest BCUT2D eigenvalue weighted by molar-refractivity contribution is 5.95. The summed E-state index contributed by atoms with van der Waals surface area (Å²) in [4.78, 5) is 19.2. The van der Waals surface area contributed by atoms with E-state index in [1.807, 2.05) is 0 Å². The summed E-state index contributed by atoms with van der Waals surface area (Å²) in [6.45, 7) is 4.50. The summed E-state index contributed by atoms with van der Waals surface area (Å²) in [6, 6.07) is 4.47. The molecule has 2 aliphatic rings. The maximum atomic E-state index is 14.1. The van der Waals surface area contributed by atoms with Gasteiger partial charge in [-0.15, -0.1) is 0 Å². The molecule has 0 radical (unpaired) electrons. The van der Waals surface area contributed by atoms with E-state index in [9.17, 15) is 35.5 Å². The van der Waals surface area contributed by atoms with Crippen molar-refractivity contribution in [3.05, 3.63) is 64.5 Å². The first-order chi connectivity index (χ1) is 20.3. The minimum absolute atomic E-state index is 0.000179. The number of amides is 1. The van der Waals surface area contributed by atoms with Gasteiger partial charge < -0.3 is 19.1 Å². The van der Waals surface area contributed by atoms with Gasteiger partial charge in [-0.05, 0) is 42.3 Å². The Balaban J connectivity index is 1.57. The van der Waals surface area contributed by atoms with Gasteiger partial charge >= 0.3 is 12.4 Å². The molecule has 2 aromatic carbocycles. The predicted octanol–water partition coefficient (Wildman–Crippen LogP) is 4.59. The maximum Gasteiger partial charge on any atom is 0.416 e. The third-order valence-electron chi connectivity index (χ3n) is 7.66. The summed E-state index contributed by atoms with van der Waals surface area (Å²) >= 11 is 0. The Hall–Kier alpha value is -2.94. The number of morpholine rings is 1. The average molecular weight is 622 g/mol. The van der Waals surface area contributed by atoms with E-state index in [4.69, 9.17) is 14.2 Å². The van der Waals surface area contributed by atoms with Gasteiger partial charge in [0.1, 0.15) is 0 Å². The van der Waals surface area contributed by atoms with Crippen LogP contribution in [0.1, 0.15) is 27.0 Å². The van der Waals surface area contributed by atoms with E-state index < -0.39 is 46.8 Å². The number of hydrogen-bond donors (Lipinski definition) is 0. The number of hydrogen-bond acceptors (Lipinski definition) is 6. The van der Waals surface area contributed by atoms with Crippen LogP contribution in [0.15, 0.2) is 36.4 Å². The fourth-order valence-electron chi connectivity index (χ4n) is 5.47. The number of carbonyl (C=O) groups is 1. The number of piperazine rings is 1. The minimum Gasteiger partial charge on any atom is -0.494 e. The van der Waals surface area contributed by atoms with E-state index >= 15 is 0 Å². The van der Waals surface area contributed by atoms with Crippen LogP contribution in [-0.4, -0.2) is 106 Å². The second kappa shape index (κ2) is 13.8. The highest BCUT2D eigenvalue weighted by Gasteiger charge is 2.39. The Morgan fingerprint density at radius 2 is 1.56 bits per heavy atom. The molecule has 0 saturated carbocycles. The third-order valence-corrected chi connectivity index (χ3v) is 7.66. The molecule has 2 atom stereocenters. The van der Waals surface area contributed by atoms with Gasteiger partial charge in [-0.25, -0.2) is 4.39 Å². The van der Waals surface area contributed by atoms with E-state index in [2.05, 4.69) is 9.80 Å². The molecule has 14 heteroatoms. The Morgan fingerprint density at radius 3 is 2.16 bits per heavy atom. The zero-order chi connectivity index (χ0) is 31.4. The van der Waals surface area contributed by atoms with Crippen LogP contribution in [0.25, 0.3) is 0 Å². The Morgan fingerprint density at radius 1 is 0.907 bits per heavy atom. The molecule has 0 aromatic heterocycles. The molecule has 0 N–H and O–H groups in total. The van der Waals surface area contributed by atoms with Gasteiger partial charge in [0.05, 0.1) is 37.6 Å². The molecule has 2 unspecified atom stereocenters. The predicted molar refractivity (Wildman–Crippen MR) is 142 cm³/mol. The number of ether oxygens (including phenoxy) is 3. The van der Waals surface area contributed by atoms with Crippen molar-refractivity contribution in [2.75, 3.05) is 73.2 Å². The monoisotopic (exact) mass is 621 g/mol. The van der Waals surface area contributed by atoms with Crippen molar-refractivity contribution in [1.29, 1.82) is 0 Å². The summed E-state index contributed by atoms with van der Waals surface area (Å²) in [5, 5.41) is 0. The van der Waals surface area contributed by atoms with Crippen LogP contribution in [0.5, 0.6) is 5.75 Å². The molecule has 7 nitrogen and oxygen atoms in total. The molecule has 0 bridgehead atoms. The molecule has 0 spiro atoms. The first kappa shape index (κ1) is 33.0. The second-order valence-electron chi connectivity index (χ2n) is 10.7. The van der Waals surface area contributed by atoms with Crippen LogP contribution in [0.4, 0.5) is 30.7 Å². The fourth-order valence-corrected chi connectivity index (χ4v) is 5.47. The third kappa shape index (κ3) is 8.58. The lowest BCUT2D eigenvalue weighted by Crippen LogP contribution is -2.57. The van der Waals surface area contributed by atoms with Crippen molar-refractivity contribution in [2.45, 2.75) is 30.9 Å². The Kier molecular flexibility index (Phi) is 10.6. The normalized spacial score (nSPS) is 20.8. The zero-order valence-electron chi connectivity index (χ0n) is 23.8. The molecule has 43 heavy (non-hydrogen) atoms. The summed E-state index contributed by atoms with van der Waals surface area (Å²) in [6.07, 6.45) is -10.0. The van der Waals surface area contributed by atoms with Gasteiger partial charge in [0.15, 0.2) is 11.6 Å². The molecule has 2 aromatic rings. The van der Waals surface area contributed by atoms with E-state index in [-0.39, 0.29) is 30.9 Å². The topological polar surface area (TPSA) is 54.5 Å². The Labute approximate surface area is 245 Å². The number of halogens is 7. The van der Waals surface area contributed by atoms with Crippen molar-refractivity contribution < 1.29 is 49.7 Å². The van der Waals surface area contributed by atoms with Crippen molar-refractivity contribution >= 4 is 5.91 Å². The summed E-state index contributed by atoms with van der Waals surface area (Å²) in [7, 11) is 2.90. The standard InChI is InChI=1S/C29H34F7N3O4/c1-41-18-24-17-38(9-10-43-24)6-5-37-7-8-39(23(16-37)11-19-3-4-25(30)26(12-19)42-2)27(40)20-13-21(28(31,32)33)15-22(14-20)29(34,35)36/h3-4,12-15,23-24H,5-11,16-18H2,1-2H3. The van der Waals surface area contributed by atoms with Gasteiger partial charge in [0, 0.05) is 64.5 Å². The fraction of sp³-hybridized carbons (Fsp3) is 0.552. The molecular weight excluding hydrogens is 587 g/mol. The molecule has 2 heterocycles. The van der Waals surface area contributed by atoms with Crippen LogP contribution in [0, 0.1) is 5.82 Å². The SMILES string of the molecule is COCC1CN(CCN2CCN(C(=O)c3cc(C(F)(F)F)cc(C(F)(F)F)c3)C(Cc3ccc(F)c(OC)c3)C2)CCO1. The van der Waals surface area contributed by atoms with Crippen LogP contribution >= 0.6 is 0 Å². The van der Waals surface area contributed by atoms with Gasteiger partial charge in [0.2, 0.25) is 0 Å². The van der Waals surface area contributed by atoms with Crippen LogP contribution in [0.3, 0.4) is 0 Å². The lowest BCUT2D eigenvalue weighted by atomic mass is 9.99. The number of carbonyl (C=O) groups excluding carboxylic acids is 1. The summed E-state index contributed by atoms with van der Waals surface area (Å²) < 4.78 is 111. The van der Waals surface area contributed by atoms with Gasteiger partial charge in [-0.2, -0.15) is 26.3 Å². The number of alkyl halides is 6. The summed E-state index contributed by atoms with van der Waals surface area (Å²) in [5.41, 5.74) is -3.21. The molecule has 2 fully saturated rings. The molecule has 2 aliphatic heterocycles. The van der Waals surface area contributed by atoms with Crippen molar-refractivity contribution in [1.82, 2.24) is 14.7 Å². The van der Waals surface area contributed by atoms with Crippen LogP contribution in [0.2, 0.25) is 0 Å². The van der Waals surface area contributed by atoms with E-state index in [0.29, 0.717) is 63.6 Å². The highest BCUT2D eigenvalue weighted by atomic mass is 19.4. The molecule has 238 valence electrons. The molecule has 1 amide bonds. The second-order valence-corrected chi connectivity index (χ2v) is 10.7. The van der Waals surface area contributed by atoms with E-state index in [1.165, 1.54) is 30.2 Å². The van der Waals surface area contributed by atoms with E-state index in [0.717, 1.165) is 6.54 Å². The van der Waals surface area contributed by atoms with Gasteiger partial charge in [-0.3, -0.25) is 14.6 Å². The van der Waals surface area contributed by atoms with Crippen molar-refractivity contribution in [3.63, 3.8) is 0 Å². The summed E-state index contributed by atoms with van der Waals surface area (Å²) in [5.74, 6) is -1.55. The maximum absolute atomic E-state index is 14.1. The first-order valence-corrected chi connectivity index (χ1v) is 13.8. The quantitative estimate of drug-likeness (QED) is 0.382. The van der Waals surface area contributed by atoms with E-state index in [1.54, 1.807) is 7.11 Å². The van der Waals surface area contributed by atoms with Gasteiger partial charge in [0.25, 0.3) is 5.91 Å². The zero-order valence-corrected chi connectivity index (χ0v) is 23.8.